The van der Waals surface area contributed by atoms with Crippen molar-refractivity contribution in [2.24, 2.45) is 5.10 Å². The van der Waals surface area contributed by atoms with E-state index in [9.17, 15) is 9.59 Å². The highest BCUT2D eigenvalue weighted by Crippen LogP contribution is 2.14. The molecule has 0 atom stereocenters. The number of furan rings is 1. The number of hydrogen-bond donors (Lipinski definition) is 0. The van der Waals surface area contributed by atoms with Crippen LogP contribution in [0.4, 0.5) is 0 Å². The van der Waals surface area contributed by atoms with Crippen LogP contribution < -0.4 is 0 Å². The maximum atomic E-state index is 11.9. The minimum atomic E-state index is -0.646. The van der Waals surface area contributed by atoms with Crippen molar-refractivity contribution in [3.8, 4) is 0 Å². The Bertz CT molecular complexity index is 612. The molecule has 2 rings (SSSR count). The molecule has 5 nitrogen and oxygen atoms in total. The van der Waals surface area contributed by atoms with Crippen molar-refractivity contribution in [1.82, 2.24) is 5.01 Å². The first-order valence-electron chi connectivity index (χ1n) is 5.51. The van der Waals surface area contributed by atoms with E-state index >= 15 is 0 Å². The summed E-state index contributed by atoms with van der Waals surface area (Å²) in [6.45, 7) is 0. The zero-order chi connectivity index (χ0) is 13.8. The fourth-order valence-corrected chi connectivity index (χ4v) is 2.01. The predicted molar refractivity (Wildman–Crippen MR) is 73.0 cm³/mol. The van der Waals surface area contributed by atoms with Crippen LogP contribution in [0.5, 0.6) is 0 Å². The number of carbonyl (C=O) groups excluding carboxylic acids is 2. The van der Waals surface area contributed by atoms with Crippen LogP contribution in [0.1, 0.15) is 26.0 Å². The lowest BCUT2D eigenvalue weighted by Crippen LogP contribution is -2.12. The summed E-state index contributed by atoms with van der Waals surface area (Å²) >= 11 is 1.23. The number of nitrogens with zero attached hydrogens (tertiary/aromatic N) is 2. The van der Waals surface area contributed by atoms with E-state index in [4.69, 9.17) is 4.42 Å². The lowest BCUT2D eigenvalue weighted by molar-refractivity contribution is 0.0803. The van der Waals surface area contributed by atoms with Crippen LogP contribution in [0.25, 0.3) is 0 Å². The van der Waals surface area contributed by atoms with E-state index in [1.165, 1.54) is 23.6 Å². The van der Waals surface area contributed by atoms with Gasteiger partial charge in [-0.15, -0.1) is 11.3 Å². The SMILES string of the molecule is CN(C)N=Cc1ccc(C(=O)C(=O)c2cccs2)o1. The molecular weight excluding hydrogens is 264 g/mol. The van der Waals surface area contributed by atoms with Crippen LogP contribution in [0.15, 0.2) is 39.2 Å². The summed E-state index contributed by atoms with van der Waals surface area (Å²) < 4.78 is 5.27. The smallest absolute Gasteiger partial charge is 0.269 e. The average Bonchev–Trinajstić information content (AvgIpc) is 3.05. The third-order valence-electron chi connectivity index (χ3n) is 2.22. The Kier molecular flexibility index (Phi) is 3.91. The maximum absolute atomic E-state index is 11.9. The van der Waals surface area contributed by atoms with Crippen LogP contribution in [-0.2, 0) is 0 Å². The molecule has 0 amide bonds. The molecule has 0 aliphatic carbocycles. The van der Waals surface area contributed by atoms with Gasteiger partial charge >= 0.3 is 0 Å². The van der Waals surface area contributed by atoms with E-state index in [2.05, 4.69) is 5.10 Å². The van der Waals surface area contributed by atoms with Gasteiger partial charge in [0.05, 0.1) is 11.1 Å². The summed E-state index contributed by atoms with van der Waals surface area (Å²) in [7, 11) is 3.54. The first kappa shape index (κ1) is 13.2. The van der Waals surface area contributed by atoms with Crippen molar-refractivity contribution < 1.29 is 14.0 Å². The third-order valence-corrected chi connectivity index (χ3v) is 3.09. The molecule has 0 aliphatic rings. The van der Waals surface area contributed by atoms with Crippen LogP contribution in [0.3, 0.4) is 0 Å². The van der Waals surface area contributed by atoms with Gasteiger partial charge in [-0.3, -0.25) is 9.59 Å². The van der Waals surface area contributed by atoms with E-state index in [1.54, 1.807) is 42.7 Å². The molecule has 0 saturated heterocycles. The van der Waals surface area contributed by atoms with Crippen LogP contribution in [0.2, 0.25) is 0 Å². The molecule has 2 aromatic heterocycles. The van der Waals surface area contributed by atoms with Crippen molar-refractivity contribution >= 4 is 29.1 Å². The molecule has 6 heteroatoms. The Hall–Kier alpha value is -2.21. The predicted octanol–water partition coefficient (Wildman–Crippen LogP) is 2.30. The van der Waals surface area contributed by atoms with Gasteiger partial charge in [0.15, 0.2) is 5.76 Å². The quantitative estimate of drug-likeness (QED) is 0.364. The second-order valence-corrected chi connectivity index (χ2v) is 4.88. The van der Waals surface area contributed by atoms with Gasteiger partial charge in [0.2, 0.25) is 5.78 Å². The second kappa shape index (κ2) is 5.62. The van der Waals surface area contributed by atoms with Crippen molar-refractivity contribution in [3.05, 3.63) is 46.0 Å². The Labute approximate surface area is 114 Å². The van der Waals surface area contributed by atoms with Crippen LogP contribution in [-0.4, -0.2) is 36.9 Å². The maximum Gasteiger partial charge on any atom is 0.269 e. The average molecular weight is 276 g/mol. The van der Waals surface area contributed by atoms with E-state index in [0.29, 0.717) is 10.6 Å². The summed E-state index contributed by atoms with van der Waals surface area (Å²) in [5, 5.41) is 7.33. The highest BCUT2D eigenvalue weighted by atomic mass is 32.1. The van der Waals surface area contributed by atoms with Crippen molar-refractivity contribution in [1.29, 1.82) is 0 Å². The largest absolute Gasteiger partial charge is 0.451 e. The fourth-order valence-electron chi connectivity index (χ4n) is 1.35. The first-order chi connectivity index (χ1) is 9.08. The van der Waals surface area contributed by atoms with Crippen molar-refractivity contribution in [3.63, 3.8) is 0 Å². The summed E-state index contributed by atoms with van der Waals surface area (Å²) in [6, 6.07) is 6.41. The van der Waals surface area contributed by atoms with E-state index in [-0.39, 0.29) is 5.76 Å². The number of carbonyl (C=O) groups is 2. The van der Waals surface area contributed by atoms with Crippen LogP contribution in [0, 0.1) is 0 Å². The van der Waals surface area contributed by atoms with Gasteiger partial charge in [0.25, 0.3) is 5.78 Å². The van der Waals surface area contributed by atoms with Gasteiger partial charge in [-0.1, -0.05) is 6.07 Å². The highest BCUT2D eigenvalue weighted by Gasteiger charge is 2.22. The van der Waals surface area contributed by atoms with E-state index in [1.807, 2.05) is 0 Å². The molecule has 98 valence electrons. The normalized spacial score (nSPS) is 10.8. The van der Waals surface area contributed by atoms with Gasteiger partial charge in [0.1, 0.15) is 5.76 Å². The minimum Gasteiger partial charge on any atom is -0.451 e. The molecule has 0 unspecified atom stereocenters. The van der Waals surface area contributed by atoms with Gasteiger partial charge in [0, 0.05) is 14.1 Å². The number of Topliss-reactive ketones (excluding diaryl/α,β-unsaturated/α-hetero) is 2. The third kappa shape index (κ3) is 3.17. The molecular formula is C13H12N2O3S. The Balaban J connectivity index is 2.14. The van der Waals surface area contributed by atoms with Crippen LogP contribution >= 0.6 is 11.3 Å². The minimum absolute atomic E-state index is 0.0265. The van der Waals surface area contributed by atoms with Crippen molar-refractivity contribution in [2.75, 3.05) is 14.1 Å². The highest BCUT2D eigenvalue weighted by molar-refractivity contribution is 7.13. The molecule has 0 spiro atoms. The molecule has 0 N–H and O–H groups in total. The number of rotatable bonds is 5. The van der Waals surface area contributed by atoms with E-state index in [0.717, 1.165) is 0 Å². The van der Waals surface area contributed by atoms with Crippen molar-refractivity contribution in [2.45, 2.75) is 0 Å². The topological polar surface area (TPSA) is 62.9 Å². The van der Waals surface area contributed by atoms with Gasteiger partial charge in [-0.05, 0) is 23.6 Å². The zero-order valence-corrected chi connectivity index (χ0v) is 11.3. The summed E-state index contributed by atoms with van der Waals surface area (Å²) in [5.41, 5.74) is 0. The number of ketones is 2. The van der Waals surface area contributed by atoms with Gasteiger partial charge in [-0.25, -0.2) is 0 Å². The lowest BCUT2D eigenvalue weighted by Gasteiger charge is -2.00. The summed E-state index contributed by atoms with van der Waals surface area (Å²) in [6.07, 6.45) is 1.48. The standard InChI is InChI=1S/C13H12N2O3S/c1-15(2)14-8-9-5-6-10(18-9)12(16)13(17)11-4-3-7-19-11/h3-8H,1-2H3. The zero-order valence-electron chi connectivity index (χ0n) is 10.5. The molecule has 19 heavy (non-hydrogen) atoms. The fraction of sp³-hybridized carbons (Fsp3) is 0.154. The number of hydrazone groups is 1. The Morgan fingerprint density at radius 2 is 2.05 bits per heavy atom. The van der Waals surface area contributed by atoms with Gasteiger partial charge < -0.3 is 9.43 Å². The molecule has 2 aromatic rings. The summed E-state index contributed by atoms with van der Waals surface area (Å²) in [5.74, 6) is -0.748. The first-order valence-corrected chi connectivity index (χ1v) is 6.39. The summed E-state index contributed by atoms with van der Waals surface area (Å²) in [4.78, 5) is 24.2. The molecule has 2 heterocycles. The molecule has 0 aromatic carbocycles. The second-order valence-electron chi connectivity index (χ2n) is 3.93. The molecule has 0 saturated carbocycles. The Morgan fingerprint density at radius 1 is 1.26 bits per heavy atom. The number of thiophene rings is 1. The number of hydrogen-bond acceptors (Lipinski definition) is 6. The lowest BCUT2D eigenvalue weighted by atomic mass is 10.2. The molecule has 0 radical (unpaired) electrons. The molecule has 0 fully saturated rings. The van der Waals surface area contributed by atoms with E-state index < -0.39 is 11.6 Å². The Morgan fingerprint density at radius 3 is 2.68 bits per heavy atom. The van der Waals surface area contributed by atoms with Gasteiger partial charge in [-0.2, -0.15) is 5.10 Å². The molecule has 0 bridgehead atoms. The monoisotopic (exact) mass is 276 g/mol. The molecule has 0 aliphatic heterocycles.